The standard InChI is InChI=1S/C12H21N5O/c1-3-10-13-11(15-14-10)12(18)16(2)8-9-17-6-4-5-7-17/h3-9H2,1-2H3,(H,13,14,15). The third-order valence-corrected chi connectivity index (χ3v) is 3.35. The van der Waals surface area contributed by atoms with Crippen molar-refractivity contribution in [1.29, 1.82) is 0 Å². The molecular weight excluding hydrogens is 230 g/mol. The second-order valence-electron chi connectivity index (χ2n) is 4.73. The van der Waals surface area contributed by atoms with Crippen molar-refractivity contribution < 1.29 is 4.79 Å². The molecule has 2 heterocycles. The van der Waals surface area contributed by atoms with Crippen LogP contribution in [0.4, 0.5) is 0 Å². The summed E-state index contributed by atoms with van der Waals surface area (Å²) < 4.78 is 0. The van der Waals surface area contributed by atoms with Crippen LogP contribution in [0.1, 0.15) is 36.2 Å². The van der Waals surface area contributed by atoms with Gasteiger partial charge < -0.3 is 9.80 Å². The van der Waals surface area contributed by atoms with E-state index in [2.05, 4.69) is 20.1 Å². The van der Waals surface area contributed by atoms with Gasteiger partial charge >= 0.3 is 0 Å². The average Bonchev–Trinajstić information content (AvgIpc) is 3.05. The maximum atomic E-state index is 12.0. The highest BCUT2D eigenvalue weighted by Gasteiger charge is 2.18. The van der Waals surface area contributed by atoms with Crippen LogP contribution in [-0.2, 0) is 6.42 Å². The number of nitrogens with one attached hydrogen (secondary N) is 1. The first kappa shape index (κ1) is 13.0. The molecule has 1 aliphatic rings. The first-order chi connectivity index (χ1) is 8.70. The van der Waals surface area contributed by atoms with Crippen molar-refractivity contribution in [1.82, 2.24) is 25.0 Å². The molecule has 18 heavy (non-hydrogen) atoms. The zero-order chi connectivity index (χ0) is 13.0. The lowest BCUT2D eigenvalue weighted by Crippen LogP contribution is -2.35. The zero-order valence-electron chi connectivity index (χ0n) is 11.1. The monoisotopic (exact) mass is 251 g/mol. The van der Waals surface area contributed by atoms with E-state index in [1.54, 1.807) is 11.9 Å². The minimum absolute atomic E-state index is 0.106. The summed E-state index contributed by atoms with van der Waals surface area (Å²) in [6.07, 6.45) is 3.31. The number of carbonyl (C=O) groups excluding carboxylic acids is 1. The van der Waals surface area contributed by atoms with Crippen molar-refractivity contribution in [2.45, 2.75) is 26.2 Å². The molecule has 1 aliphatic heterocycles. The molecule has 0 spiro atoms. The molecule has 0 atom stereocenters. The number of amides is 1. The Labute approximate surface area is 107 Å². The summed E-state index contributed by atoms with van der Waals surface area (Å²) in [7, 11) is 1.81. The van der Waals surface area contributed by atoms with Gasteiger partial charge in [-0.05, 0) is 25.9 Å². The van der Waals surface area contributed by atoms with Gasteiger partial charge in [-0.15, -0.1) is 5.10 Å². The van der Waals surface area contributed by atoms with Crippen molar-refractivity contribution in [2.75, 3.05) is 33.2 Å². The molecule has 0 bridgehead atoms. The molecule has 0 aliphatic carbocycles. The topological polar surface area (TPSA) is 65.1 Å². The predicted octanol–water partition coefficient (Wildman–Crippen LogP) is 0.535. The Morgan fingerprint density at radius 3 is 2.78 bits per heavy atom. The van der Waals surface area contributed by atoms with E-state index in [9.17, 15) is 4.79 Å². The Kier molecular flexibility index (Phi) is 4.30. The van der Waals surface area contributed by atoms with Gasteiger partial charge in [-0.25, -0.2) is 4.98 Å². The Balaban J connectivity index is 1.83. The first-order valence-electron chi connectivity index (χ1n) is 6.59. The summed E-state index contributed by atoms with van der Waals surface area (Å²) >= 11 is 0. The second kappa shape index (κ2) is 5.95. The lowest BCUT2D eigenvalue weighted by atomic mass is 10.4. The summed E-state index contributed by atoms with van der Waals surface area (Å²) in [4.78, 5) is 20.3. The maximum absolute atomic E-state index is 12.0. The minimum atomic E-state index is -0.106. The van der Waals surface area contributed by atoms with Crippen molar-refractivity contribution in [3.8, 4) is 0 Å². The third kappa shape index (κ3) is 3.07. The molecule has 1 N–H and O–H groups in total. The van der Waals surface area contributed by atoms with Crippen LogP contribution in [0.3, 0.4) is 0 Å². The van der Waals surface area contributed by atoms with E-state index >= 15 is 0 Å². The number of H-pyrrole nitrogens is 1. The number of aromatic nitrogens is 3. The second-order valence-corrected chi connectivity index (χ2v) is 4.73. The fraction of sp³-hybridized carbons (Fsp3) is 0.750. The smallest absolute Gasteiger partial charge is 0.293 e. The van der Waals surface area contributed by atoms with E-state index in [0.29, 0.717) is 0 Å². The van der Waals surface area contributed by atoms with Gasteiger partial charge in [-0.3, -0.25) is 9.89 Å². The molecule has 1 amide bonds. The summed E-state index contributed by atoms with van der Waals surface area (Å²) in [5.74, 6) is 0.923. The Morgan fingerprint density at radius 1 is 1.44 bits per heavy atom. The van der Waals surface area contributed by atoms with E-state index in [1.165, 1.54) is 12.8 Å². The van der Waals surface area contributed by atoms with Crippen molar-refractivity contribution >= 4 is 5.91 Å². The minimum Gasteiger partial charge on any atom is -0.338 e. The van der Waals surface area contributed by atoms with E-state index in [-0.39, 0.29) is 11.7 Å². The predicted molar refractivity (Wildman–Crippen MR) is 68.4 cm³/mol. The fourth-order valence-electron chi connectivity index (χ4n) is 2.12. The summed E-state index contributed by atoms with van der Waals surface area (Å²) in [6.45, 7) is 5.96. The molecule has 1 saturated heterocycles. The molecule has 0 aromatic carbocycles. The van der Waals surface area contributed by atoms with Crippen LogP contribution < -0.4 is 0 Å². The number of rotatable bonds is 5. The molecule has 100 valence electrons. The molecule has 1 aromatic heterocycles. The highest BCUT2D eigenvalue weighted by atomic mass is 16.2. The van der Waals surface area contributed by atoms with Gasteiger partial charge in [-0.2, -0.15) is 0 Å². The maximum Gasteiger partial charge on any atom is 0.293 e. The van der Waals surface area contributed by atoms with Crippen molar-refractivity contribution in [3.63, 3.8) is 0 Å². The van der Waals surface area contributed by atoms with E-state index in [4.69, 9.17) is 0 Å². The highest BCUT2D eigenvalue weighted by molar-refractivity contribution is 5.90. The Bertz CT molecular complexity index is 397. The largest absolute Gasteiger partial charge is 0.338 e. The molecule has 1 aromatic rings. The lowest BCUT2D eigenvalue weighted by molar-refractivity contribution is 0.0770. The van der Waals surface area contributed by atoms with Gasteiger partial charge in [0.25, 0.3) is 5.91 Å². The van der Waals surface area contributed by atoms with Gasteiger partial charge in [0, 0.05) is 26.6 Å². The molecule has 0 unspecified atom stereocenters. The van der Waals surface area contributed by atoms with Crippen molar-refractivity contribution in [2.24, 2.45) is 0 Å². The number of aromatic amines is 1. The third-order valence-electron chi connectivity index (χ3n) is 3.35. The van der Waals surface area contributed by atoms with Crippen molar-refractivity contribution in [3.05, 3.63) is 11.6 Å². The number of hydrogen-bond acceptors (Lipinski definition) is 4. The van der Waals surface area contributed by atoms with Gasteiger partial charge in [-0.1, -0.05) is 6.92 Å². The molecule has 0 radical (unpaired) electrons. The zero-order valence-corrected chi connectivity index (χ0v) is 11.1. The van der Waals surface area contributed by atoms with Crippen LogP contribution in [0.15, 0.2) is 0 Å². The summed E-state index contributed by atoms with van der Waals surface area (Å²) in [6, 6.07) is 0. The molecule has 6 nitrogen and oxygen atoms in total. The number of nitrogens with zero attached hydrogens (tertiary/aromatic N) is 4. The summed E-state index contributed by atoms with van der Waals surface area (Å²) in [5, 5.41) is 6.72. The average molecular weight is 251 g/mol. The molecule has 2 rings (SSSR count). The Hall–Kier alpha value is -1.43. The van der Waals surface area contributed by atoms with Crippen LogP contribution in [0.2, 0.25) is 0 Å². The number of carbonyl (C=O) groups is 1. The molecule has 1 fully saturated rings. The van der Waals surface area contributed by atoms with E-state index < -0.39 is 0 Å². The lowest BCUT2D eigenvalue weighted by Gasteiger charge is -2.20. The quantitative estimate of drug-likeness (QED) is 0.829. The number of likely N-dealkylation sites (N-methyl/N-ethyl adjacent to an activating group) is 1. The van der Waals surface area contributed by atoms with Crippen LogP contribution >= 0.6 is 0 Å². The molecule has 0 saturated carbocycles. The van der Waals surface area contributed by atoms with Crippen LogP contribution in [0.5, 0.6) is 0 Å². The normalized spacial score (nSPS) is 16.1. The number of hydrogen-bond donors (Lipinski definition) is 1. The van der Waals surface area contributed by atoms with Crippen LogP contribution in [0, 0.1) is 0 Å². The molecule has 6 heteroatoms. The summed E-state index contributed by atoms with van der Waals surface area (Å²) in [5.41, 5.74) is 0. The van der Waals surface area contributed by atoms with Crippen LogP contribution in [-0.4, -0.2) is 64.1 Å². The van der Waals surface area contributed by atoms with E-state index in [0.717, 1.165) is 38.4 Å². The van der Waals surface area contributed by atoms with Gasteiger partial charge in [0.05, 0.1) is 0 Å². The Morgan fingerprint density at radius 2 is 2.17 bits per heavy atom. The highest BCUT2D eigenvalue weighted by Crippen LogP contribution is 2.07. The van der Waals surface area contributed by atoms with Gasteiger partial charge in [0.15, 0.2) is 0 Å². The van der Waals surface area contributed by atoms with Gasteiger partial charge in [0.1, 0.15) is 5.82 Å². The van der Waals surface area contributed by atoms with E-state index in [1.807, 2.05) is 6.92 Å². The fourth-order valence-corrected chi connectivity index (χ4v) is 2.12. The number of aryl methyl sites for hydroxylation is 1. The van der Waals surface area contributed by atoms with Gasteiger partial charge in [0.2, 0.25) is 5.82 Å². The first-order valence-corrected chi connectivity index (χ1v) is 6.59. The van der Waals surface area contributed by atoms with Crippen LogP contribution in [0.25, 0.3) is 0 Å². The SMILES string of the molecule is CCc1nc(C(=O)N(C)CCN2CCCC2)n[nH]1. The number of likely N-dealkylation sites (tertiary alicyclic amines) is 1. The molecular formula is C12H21N5O.